The van der Waals surface area contributed by atoms with E-state index >= 15 is 0 Å². The number of carboxylic acids is 1. The van der Waals surface area contributed by atoms with Gasteiger partial charge in [0, 0.05) is 7.05 Å². The van der Waals surface area contributed by atoms with Gasteiger partial charge < -0.3 is 14.6 Å². The van der Waals surface area contributed by atoms with E-state index < -0.39 is 12.1 Å². The van der Waals surface area contributed by atoms with E-state index in [0.717, 1.165) is 16.7 Å². The molecule has 1 aromatic rings. The first-order valence-electron chi connectivity index (χ1n) is 6.62. The molecule has 0 aliphatic carbocycles. The molecule has 7 nitrogen and oxygen atoms in total. The zero-order valence-corrected chi connectivity index (χ0v) is 13.5. The topological polar surface area (TPSA) is 93.1 Å². The molecule has 1 N–H and O–H groups in total. The van der Waals surface area contributed by atoms with Gasteiger partial charge >= 0.3 is 5.97 Å². The number of likely N-dealkylation sites (N-methyl/N-ethyl adjacent to an activating group) is 1. The highest BCUT2D eigenvalue weighted by Gasteiger charge is 2.31. The molecule has 0 spiro atoms. The van der Waals surface area contributed by atoms with Gasteiger partial charge in [0.05, 0.1) is 12.0 Å². The molecule has 122 valence electrons. The Bertz CT molecular complexity index is 699. The second kappa shape index (κ2) is 6.74. The van der Waals surface area contributed by atoms with Crippen LogP contribution in [-0.4, -0.2) is 47.4 Å². The second-order valence-electron chi connectivity index (χ2n) is 4.75. The fourth-order valence-electron chi connectivity index (χ4n) is 1.81. The fraction of sp³-hybridized carbons (Fsp3) is 0.267. The molecule has 0 aromatic heterocycles. The Hall–Kier alpha value is -2.48. The van der Waals surface area contributed by atoms with Gasteiger partial charge in [0.1, 0.15) is 0 Å². The van der Waals surface area contributed by atoms with Crippen LogP contribution in [0.25, 0.3) is 6.08 Å². The summed E-state index contributed by atoms with van der Waals surface area (Å²) in [7, 11) is 2.85. The molecule has 1 aliphatic rings. The summed E-state index contributed by atoms with van der Waals surface area (Å²) in [5, 5.41) is 8.55. The van der Waals surface area contributed by atoms with E-state index in [-0.39, 0.29) is 16.9 Å². The minimum atomic E-state index is -1.09. The molecule has 1 atom stereocenters. The van der Waals surface area contributed by atoms with Crippen LogP contribution in [0.2, 0.25) is 0 Å². The average Bonchev–Trinajstić information content (AvgIpc) is 2.75. The normalized spacial score (nSPS) is 17.5. The van der Waals surface area contributed by atoms with Gasteiger partial charge in [-0.25, -0.2) is 4.79 Å². The molecular formula is C15H15NO6S. The van der Waals surface area contributed by atoms with Crippen molar-refractivity contribution in [2.24, 2.45) is 0 Å². The standard InChI is InChI=1S/C15H15NO6S/c1-8(14(18)19)22-10-5-4-9(6-11(10)21-3)7-12-13(17)16(2)15(20)23-12/h4-8H,1-3H3,(H,18,19)/b12-7+/t8-/m1/s1. The van der Waals surface area contributed by atoms with E-state index in [9.17, 15) is 14.4 Å². The SMILES string of the molecule is COc1cc(/C=C2/SC(=O)N(C)C2=O)ccc1O[C@H](C)C(=O)O. The van der Waals surface area contributed by atoms with Gasteiger partial charge in [-0.15, -0.1) is 0 Å². The summed E-state index contributed by atoms with van der Waals surface area (Å²) < 4.78 is 10.5. The molecule has 2 rings (SSSR count). The Kier molecular flexibility index (Phi) is 4.95. The highest BCUT2D eigenvalue weighted by atomic mass is 32.2. The van der Waals surface area contributed by atoms with Crippen LogP contribution in [0.15, 0.2) is 23.1 Å². The van der Waals surface area contributed by atoms with E-state index in [1.807, 2.05) is 0 Å². The van der Waals surface area contributed by atoms with Crippen molar-refractivity contribution in [3.05, 3.63) is 28.7 Å². The summed E-state index contributed by atoms with van der Waals surface area (Å²) in [5.74, 6) is -0.836. The van der Waals surface area contributed by atoms with Crippen LogP contribution in [0.5, 0.6) is 11.5 Å². The molecule has 1 heterocycles. The number of carbonyl (C=O) groups is 3. The summed E-state index contributed by atoms with van der Waals surface area (Å²) >= 11 is 0.858. The van der Waals surface area contributed by atoms with Gasteiger partial charge in [-0.1, -0.05) is 6.07 Å². The monoisotopic (exact) mass is 337 g/mol. The summed E-state index contributed by atoms with van der Waals surface area (Å²) in [4.78, 5) is 35.5. The number of methoxy groups -OCH3 is 1. The van der Waals surface area contributed by atoms with E-state index in [1.165, 1.54) is 21.1 Å². The number of ether oxygens (including phenoxy) is 2. The second-order valence-corrected chi connectivity index (χ2v) is 5.74. The van der Waals surface area contributed by atoms with Gasteiger partial charge in [-0.05, 0) is 42.5 Å². The number of carbonyl (C=O) groups excluding carboxylic acids is 2. The molecule has 8 heteroatoms. The minimum absolute atomic E-state index is 0.281. The fourth-order valence-corrected chi connectivity index (χ4v) is 2.64. The Labute approximate surface area is 136 Å². The van der Waals surface area contributed by atoms with Crippen molar-refractivity contribution < 1.29 is 29.0 Å². The first-order chi connectivity index (χ1) is 10.8. The zero-order valence-electron chi connectivity index (χ0n) is 12.7. The summed E-state index contributed by atoms with van der Waals surface area (Å²) in [6.45, 7) is 1.41. The van der Waals surface area contributed by atoms with Crippen LogP contribution in [0, 0.1) is 0 Å². The number of hydrogen-bond acceptors (Lipinski definition) is 6. The van der Waals surface area contributed by atoms with Gasteiger partial charge in [0.25, 0.3) is 11.1 Å². The molecule has 0 radical (unpaired) electrons. The van der Waals surface area contributed by atoms with E-state index in [1.54, 1.807) is 24.3 Å². The third kappa shape index (κ3) is 3.65. The largest absolute Gasteiger partial charge is 0.493 e. The Morgan fingerprint density at radius 1 is 1.35 bits per heavy atom. The molecule has 1 aliphatic heterocycles. The highest BCUT2D eigenvalue weighted by Crippen LogP contribution is 2.34. The van der Waals surface area contributed by atoms with Gasteiger partial charge in [0.2, 0.25) is 0 Å². The highest BCUT2D eigenvalue weighted by molar-refractivity contribution is 8.18. The molecule has 0 unspecified atom stereocenters. The number of hydrogen-bond donors (Lipinski definition) is 1. The molecule has 0 saturated carbocycles. The number of thioether (sulfide) groups is 1. The first-order valence-corrected chi connectivity index (χ1v) is 7.44. The lowest BCUT2D eigenvalue weighted by molar-refractivity contribution is -0.144. The van der Waals surface area contributed by atoms with Gasteiger partial charge in [-0.3, -0.25) is 14.5 Å². The van der Waals surface area contributed by atoms with E-state index in [4.69, 9.17) is 14.6 Å². The Balaban J connectivity index is 2.27. The Morgan fingerprint density at radius 3 is 2.57 bits per heavy atom. The number of carboxylic acid groups (broad SMARTS) is 1. The van der Waals surface area contributed by atoms with Gasteiger partial charge in [0.15, 0.2) is 17.6 Å². The lowest BCUT2D eigenvalue weighted by Crippen LogP contribution is -2.23. The van der Waals surface area contributed by atoms with Crippen LogP contribution in [0.1, 0.15) is 12.5 Å². The summed E-state index contributed by atoms with van der Waals surface area (Å²) in [6.07, 6.45) is 0.549. The van der Waals surface area contributed by atoms with Crippen LogP contribution >= 0.6 is 11.8 Å². The van der Waals surface area contributed by atoms with Crippen molar-refractivity contribution >= 4 is 35.0 Å². The maximum atomic E-state index is 11.9. The van der Waals surface area contributed by atoms with Crippen LogP contribution in [-0.2, 0) is 9.59 Å². The Morgan fingerprint density at radius 2 is 2.04 bits per heavy atom. The van der Waals surface area contributed by atoms with Crippen molar-refractivity contribution in [3.8, 4) is 11.5 Å². The third-order valence-corrected chi connectivity index (χ3v) is 4.08. The van der Waals surface area contributed by atoms with E-state index in [0.29, 0.717) is 16.2 Å². The predicted molar refractivity (Wildman–Crippen MR) is 84.5 cm³/mol. The number of aliphatic carboxylic acids is 1. The third-order valence-electron chi connectivity index (χ3n) is 3.12. The van der Waals surface area contributed by atoms with Crippen molar-refractivity contribution in [2.45, 2.75) is 13.0 Å². The zero-order chi connectivity index (χ0) is 17.1. The first kappa shape index (κ1) is 16.9. The average molecular weight is 337 g/mol. The minimum Gasteiger partial charge on any atom is -0.493 e. The lowest BCUT2D eigenvalue weighted by Gasteiger charge is -2.14. The quantitative estimate of drug-likeness (QED) is 0.823. The van der Waals surface area contributed by atoms with Crippen molar-refractivity contribution in [2.75, 3.05) is 14.2 Å². The number of rotatable bonds is 5. The molecule has 1 saturated heterocycles. The number of amides is 2. The lowest BCUT2D eigenvalue weighted by atomic mass is 10.2. The predicted octanol–water partition coefficient (Wildman–Crippen LogP) is 2.21. The maximum Gasteiger partial charge on any atom is 0.344 e. The summed E-state index contributed by atoms with van der Waals surface area (Å²) in [5.41, 5.74) is 0.635. The van der Waals surface area contributed by atoms with Crippen LogP contribution in [0.3, 0.4) is 0 Å². The van der Waals surface area contributed by atoms with Gasteiger partial charge in [-0.2, -0.15) is 0 Å². The van der Waals surface area contributed by atoms with Crippen molar-refractivity contribution in [1.82, 2.24) is 4.90 Å². The number of benzene rings is 1. The smallest absolute Gasteiger partial charge is 0.344 e. The maximum absolute atomic E-state index is 11.9. The molecule has 1 fully saturated rings. The molecule has 23 heavy (non-hydrogen) atoms. The molecule has 2 amide bonds. The summed E-state index contributed by atoms with van der Waals surface area (Å²) in [6, 6.07) is 4.81. The van der Waals surface area contributed by atoms with E-state index in [2.05, 4.69) is 0 Å². The van der Waals surface area contributed by atoms with Crippen LogP contribution in [0.4, 0.5) is 4.79 Å². The molecular weight excluding hydrogens is 322 g/mol. The molecule has 1 aromatic carbocycles. The van der Waals surface area contributed by atoms with Crippen LogP contribution < -0.4 is 9.47 Å². The number of imide groups is 1. The van der Waals surface area contributed by atoms with Crippen molar-refractivity contribution in [1.29, 1.82) is 0 Å². The van der Waals surface area contributed by atoms with Crippen molar-refractivity contribution in [3.63, 3.8) is 0 Å². The number of nitrogens with zero attached hydrogens (tertiary/aromatic N) is 1. The molecule has 0 bridgehead atoms.